The zero-order valence-electron chi connectivity index (χ0n) is 9.11. The average Bonchev–Trinajstić information content (AvgIpc) is 2.18. The van der Waals surface area contributed by atoms with E-state index in [-0.39, 0.29) is 6.04 Å². The van der Waals surface area contributed by atoms with Crippen LogP contribution in [0.2, 0.25) is 0 Å². The van der Waals surface area contributed by atoms with Crippen molar-refractivity contribution in [1.29, 1.82) is 0 Å². The van der Waals surface area contributed by atoms with Gasteiger partial charge in [0.15, 0.2) is 0 Å². The molecular weight excluding hydrogens is 176 g/mol. The molecule has 2 fully saturated rings. The van der Waals surface area contributed by atoms with Gasteiger partial charge in [0.2, 0.25) is 0 Å². The maximum Gasteiger partial charge on any atom is 0.0730 e. The number of hydrogen-bond acceptors (Lipinski definition) is 3. The van der Waals surface area contributed by atoms with Crippen LogP contribution in [0.3, 0.4) is 0 Å². The quantitative estimate of drug-likeness (QED) is 0.719. The summed E-state index contributed by atoms with van der Waals surface area (Å²) in [6, 6.07) is 0.944. The van der Waals surface area contributed by atoms with Gasteiger partial charge in [-0.1, -0.05) is 12.8 Å². The largest absolute Gasteiger partial charge is 0.375 e. The highest BCUT2D eigenvalue weighted by Gasteiger charge is 2.33. The zero-order chi connectivity index (χ0) is 9.97. The van der Waals surface area contributed by atoms with Crippen LogP contribution < -0.4 is 5.73 Å². The Balaban J connectivity index is 1.94. The van der Waals surface area contributed by atoms with Crippen molar-refractivity contribution >= 4 is 0 Å². The van der Waals surface area contributed by atoms with E-state index >= 15 is 0 Å². The van der Waals surface area contributed by atoms with Gasteiger partial charge in [-0.15, -0.1) is 0 Å². The summed E-state index contributed by atoms with van der Waals surface area (Å²) >= 11 is 0. The molecular formula is C11H22N2O. The summed E-state index contributed by atoms with van der Waals surface area (Å²) in [5, 5.41) is 0. The number of hydrogen-bond donors (Lipinski definition) is 1. The first-order valence-electron chi connectivity index (χ1n) is 5.88. The molecule has 2 N–H and O–H groups in total. The summed E-state index contributed by atoms with van der Waals surface area (Å²) in [4.78, 5) is 2.54. The molecule has 0 aromatic rings. The first-order valence-corrected chi connectivity index (χ1v) is 5.88. The Morgan fingerprint density at radius 3 is 3.00 bits per heavy atom. The van der Waals surface area contributed by atoms with E-state index in [4.69, 9.17) is 10.5 Å². The van der Waals surface area contributed by atoms with Crippen LogP contribution in [0.4, 0.5) is 0 Å². The minimum atomic E-state index is 0.288. The maximum atomic E-state index is 5.86. The highest BCUT2D eigenvalue weighted by molar-refractivity contribution is 4.88. The van der Waals surface area contributed by atoms with E-state index in [1.807, 2.05) is 0 Å². The molecule has 0 spiro atoms. The molecule has 1 saturated heterocycles. The van der Waals surface area contributed by atoms with Crippen molar-refractivity contribution in [1.82, 2.24) is 4.90 Å². The van der Waals surface area contributed by atoms with Crippen molar-refractivity contribution in [2.75, 3.05) is 19.7 Å². The molecule has 2 aliphatic rings. The fourth-order valence-electron chi connectivity index (χ4n) is 2.77. The monoisotopic (exact) mass is 198 g/mol. The molecule has 0 bridgehead atoms. The minimum Gasteiger partial charge on any atom is -0.375 e. The van der Waals surface area contributed by atoms with Crippen molar-refractivity contribution in [3.05, 3.63) is 0 Å². The zero-order valence-corrected chi connectivity index (χ0v) is 9.11. The van der Waals surface area contributed by atoms with E-state index in [9.17, 15) is 0 Å². The minimum absolute atomic E-state index is 0.288. The Morgan fingerprint density at radius 2 is 2.21 bits per heavy atom. The predicted molar refractivity (Wildman–Crippen MR) is 57.2 cm³/mol. The summed E-state index contributed by atoms with van der Waals surface area (Å²) in [5.41, 5.74) is 5.86. The summed E-state index contributed by atoms with van der Waals surface area (Å²) < 4.78 is 5.81. The lowest BCUT2D eigenvalue weighted by Gasteiger charge is -2.44. The van der Waals surface area contributed by atoms with E-state index in [0.29, 0.717) is 12.1 Å². The van der Waals surface area contributed by atoms with Crippen LogP contribution in [-0.4, -0.2) is 42.8 Å². The van der Waals surface area contributed by atoms with Crippen LogP contribution >= 0.6 is 0 Å². The Labute approximate surface area is 86.6 Å². The number of rotatable bonds is 2. The van der Waals surface area contributed by atoms with Crippen LogP contribution in [0.25, 0.3) is 0 Å². The van der Waals surface area contributed by atoms with Gasteiger partial charge < -0.3 is 10.5 Å². The summed E-state index contributed by atoms with van der Waals surface area (Å²) in [6.45, 7) is 5.09. The lowest BCUT2D eigenvalue weighted by atomic mass is 9.90. The molecule has 3 nitrogen and oxygen atoms in total. The third-order valence-corrected chi connectivity index (χ3v) is 3.37. The third kappa shape index (κ3) is 2.27. The number of fused-ring (bicyclic) bond motifs is 1. The first-order chi connectivity index (χ1) is 6.77. The fourth-order valence-corrected chi connectivity index (χ4v) is 2.77. The van der Waals surface area contributed by atoms with E-state index < -0.39 is 0 Å². The summed E-state index contributed by atoms with van der Waals surface area (Å²) in [6.07, 6.45) is 5.75. The van der Waals surface area contributed by atoms with E-state index in [0.717, 1.165) is 19.7 Å². The number of morpholine rings is 1. The molecule has 1 aliphatic heterocycles. The normalized spacial score (nSPS) is 36.4. The molecule has 0 radical (unpaired) electrons. The second-order valence-corrected chi connectivity index (χ2v) is 4.73. The Kier molecular flexibility index (Phi) is 3.42. The Hall–Kier alpha value is -0.120. The molecule has 82 valence electrons. The van der Waals surface area contributed by atoms with Gasteiger partial charge in [-0.05, 0) is 19.8 Å². The van der Waals surface area contributed by atoms with Crippen LogP contribution in [-0.2, 0) is 4.74 Å². The second kappa shape index (κ2) is 4.60. The molecule has 0 aromatic carbocycles. The van der Waals surface area contributed by atoms with Gasteiger partial charge in [0, 0.05) is 25.2 Å². The molecule has 2 rings (SSSR count). The van der Waals surface area contributed by atoms with Gasteiger partial charge in [-0.3, -0.25) is 4.90 Å². The van der Waals surface area contributed by atoms with Crippen LogP contribution in [0, 0.1) is 0 Å². The van der Waals surface area contributed by atoms with Crippen LogP contribution in [0.5, 0.6) is 0 Å². The van der Waals surface area contributed by atoms with Gasteiger partial charge in [0.25, 0.3) is 0 Å². The number of nitrogens with zero attached hydrogens (tertiary/aromatic N) is 1. The van der Waals surface area contributed by atoms with Crippen molar-refractivity contribution < 1.29 is 4.74 Å². The third-order valence-electron chi connectivity index (χ3n) is 3.37. The molecule has 0 amide bonds. The first kappa shape index (κ1) is 10.4. The van der Waals surface area contributed by atoms with Crippen molar-refractivity contribution in [2.45, 2.75) is 50.8 Å². The van der Waals surface area contributed by atoms with Crippen LogP contribution in [0.15, 0.2) is 0 Å². The second-order valence-electron chi connectivity index (χ2n) is 4.73. The van der Waals surface area contributed by atoms with E-state index in [1.54, 1.807) is 0 Å². The van der Waals surface area contributed by atoms with Gasteiger partial charge in [0.05, 0.1) is 12.7 Å². The van der Waals surface area contributed by atoms with Crippen molar-refractivity contribution in [3.63, 3.8) is 0 Å². The number of nitrogens with two attached hydrogens (primary N) is 1. The molecule has 14 heavy (non-hydrogen) atoms. The lowest BCUT2D eigenvalue weighted by molar-refractivity contribution is -0.0889. The fraction of sp³-hybridized carbons (Fsp3) is 1.00. The highest BCUT2D eigenvalue weighted by atomic mass is 16.5. The average molecular weight is 198 g/mol. The summed E-state index contributed by atoms with van der Waals surface area (Å²) in [5.74, 6) is 0. The van der Waals surface area contributed by atoms with E-state index in [2.05, 4.69) is 11.8 Å². The van der Waals surface area contributed by atoms with E-state index in [1.165, 1.54) is 25.7 Å². The Bertz CT molecular complexity index is 182. The molecule has 1 aliphatic carbocycles. The van der Waals surface area contributed by atoms with Gasteiger partial charge in [-0.25, -0.2) is 0 Å². The summed E-state index contributed by atoms with van der Waals surface area (Å²) in [7, 11) is 0. The highest BCUT2D eigenvalue weighted by Crippen LogP contribution is 2.28. The topological polar surface area (TPSA) is 38.5 Å². The smallest absolute Gasteiger partial charge is 0.0730 e. The molecule has 3 unspecified atom stereocenters. The molecule has 1 saturated carbocycles. The van der Waals surface area contributed by atoms with Gasteiger partial charge in [0.1, 0.15) is 0 Å². The predicted octanol–water partition coefficient (Wildman–Crippen LogP) is 0.977. The molecule has 1 heterocycles. The Morgan fingerprint density at radius 1 is 1.43 bits per heavy atom. The molecule has 0 aromatic heterocycles. The molecule has 3 atom stereocenters. The molecule has 3 heteroatoms. The number of ether oxygens (including phenoxy) is 1. The van der Waals surface area contributed by atoms with Gasteiger partial charge >= 0.3 is 0 Å². The lowest BCUT2D eigenvalue weighted by Crippen LogP contribution is -2.55. The van der Waals surface area contributed by atoms with Gasteiger partial charge in [-0.2, -0.15) is 0 Å². The van der Waals surface area contributed by atoms with Crippen molar-refractivity contribution in [2.24, 2.45) is 5.73 Å². The standard InChI is InChI=1S/C11H22N2O/c1-9(12)8-13-6-7-14-11-5-3-2-4-10(11)13/h9-11H,2-8,12H2,1H3. The maximum absolute atomic E-state index is 5.86. The van der Waals surface area contributed by atoms with Crippen LogP contribution in [0.1, 0.15) is 32.6 Å². The SMILES string of the molecule is CC(N)CN1CCOC2CCCCC21. The van der Waals surface area contributed by atoms with Crippen molar-refractivity contribution in [3.8, 4) is 0 Å².